The third kappa shape index (κ3) is 2.49. The molecular formula is C14H9Cl4N3. The highest BCUT2D eigenvalue weighted by atomic mass is 35.5. The van der Waals surface area contributed by atoms with Gasteiger partial charge in [0.05, 0.1) is 26.6 Å². The predicted octanol–water partition coefficient (Wildman–Crippen LogP) is 5.43. The molecule has 21 heavy (non-hydrogen) atoms. The summed E-state index contributed by atoms with van der Waals surface area (Å²) in [7, 11) is 0. The molecule has 0 N–H and O–H groups in total. The molecule has 0 aliphatic heterocycles. The van der Waals surface area contributed by atoms with Crippen molar-refractivity contribution in [2.24, 2.45) is 0 Å². The average molecular weight is 361 g/mol. The minimum Gasteiger partial charge on any atom is -0.278 e. The minimum absolute atomic E-state index is 0.229. The van der Waals surface area contributed by atoms with E-state index in [4.69, 9.17) is 46.4 Å². The molecule has 2 heterocycles. The second-order valence-corrected chi connectivity index (χ2v) is 6.00. The standard InChI is InChI=1S/C14H9Cl4N3/c1-7-2-3-19-14-13(7)20-12(6-15)21(14)11-5-9(17)8(16)4-10(11)18/h2-5H,6H2,1H3. The van der Waals surface area contributed by atoms with Gasteiger partial charge in [-0.2, -0.15) is 0 Å². The van der Waals surface area contributed by atoms with Gasteiger partial charge >= 0.3 is 0 Å². The van der Waals surface area contributed by atoms with Gasteiger partial charge in [-0.05, 0) is 30.7 Å². The van der Waals surface area contributed by atoms with Crippen molar-refractivity contribution in [2.45, 2.75) is 12.8 Å². The lowest BCUT2D eigenvalue weighted by atomic mass is 10.2. The first kappa shape index (κ1) is 14.9. The number of benzene rings is 1. The van der Waals surface area contributed by atoms with Gasteiger partial charge in [0.15, 0.2) is 5.65 Å². The Morgan fingerprint density at radius 3 is 2.52 bits per heavy atom. The molecule has 0 radical (unpaired) electrons. The van der Waals surface area contributed by atoms with Crippen molar-refractivity contribution < 1.29 is 0 Å². The fourth-order valence-electron chi connectivity index (χ4n) is 2.17. The molecule has 1 aromatic carbocycles. The Bertz CT molecular complexity index is 842. The molecule has 3 rings (SSSR count). The van der Waals surface area contributed by atoms with Crippen LogP contribution in [0.5, 0.6) is 0 Å². The smallest absolute Gasteiger partial charge is 0.165 e. The maximum absolute atomic E-state index is 6.30. The van der Waals surface area contributed by atoms with E-state index in [9.17, 15) is 0 Å². The molecule has 0 bridgehead atoms. The third-order valence-corrected chi connectivity index (χ3v) is 4.43. The lowest BCUT2D eigenvalue weighted by Gasteiger charge is -2.10. The summed E-state index contributed by atoms with van der Waals surface area (Å²) in [6.45, 7) is 1.97. The van der Waals surface area contributed by atoms with E-state index < -0.39 is 0 Å². The number of aryl methyl sites for hydroxylation is 1. The molecule has 0 atom stereocenters. The molecule has 0 fully saturated rings. The average Bonchev–Trinajstić information content (AvgIpc) is 2.83. The topological polar surface area (TPSA) is 30.7 Å². The van der Waals surface area contributed by atoms with Crippen LogP contribution in [0.2, 0.25) is 15.1 Å². The van der Waals surface area contributed by atoms with Crippen molar-refractivity contribution in [3.63, 3.8) is 0 Å². The highest BCUT2D eigenvalue weighted by molar-refractivity contribution is 6.43. The maximum Gasteiger partial charge on any atom is 0.165 e. The van der Waals surface area contributed by atoms with E-state index in [1.807, 2.05) is 13.0 Å². The van der Waals surface area contributed by atoms with E-state index >= 15 is 0 Å². The summed E-state index contributed by atoms with van der Waals surface area (Å²) < 4.78 is 1.81. The van der Waals surface area contributed by atoms with Crippen LogP contribution in [0.4, 0.5) is 0 Å². The maximum atomic E-state index is 6.30. The van der Waals surface area contributed by atoms with Crippen LogP contribution in [0.1, 0.15) is 11.4 Å². The molecule has 3 aromatic rings. The summed E-state index contributed by atoms with van der Waals surface area (Å²) in [5.74, 6) is 0.876. The number of halogens is 4. The second kappa shape index (κ2) is 5.65. The van der Waals surface area contributed by atoms with Crippen molar-refractivity contribution >= 4 is 57.6 Å². The summed E-state index contributed by atoms with van der Waals surface area (Å²) in [5.41, 5.74) is 3.14. The Balaban J connectivity index is 2.39. The van der Waals surface area contributed by atoms with Crippen LogP contribution < -0.4 is 0 Å². The zero-order valence-electron chi connectivity index (χ0n) is 10.9. The largest absolute Gasteiger partial charge is 0.278 e. The lowest BCUT2D eigenvalue weighted by Crippen LogP contribution is -2.01. The first-order valence-corrected chi connectivity index (χ1v) is 7.73. The van der Waals surface area contributed by atoms with Crippen molar-refractivity contribution in [1.29, 1.82) is 0 Å². The molecule has 0 aliphatic carbocycles. The first-order chi connectivity index (χ1) is 10.0. The number of alkyl halides is 1. The van der Waals surface area contributed by atoms with E-state index in [0.717, 1.165) is 11.1 Å². The van der Waals surface area contributed by atoms with Crippen LogP contribution in [0, 0.1) is 6.92 Å². The number of fused-ring (bicyclic) bond motifs is 1. The molecule has 0 saturated carbocycles. The third-order valence-electron chi connectivity index (χ3n) is 3.17. The van der Waals surface area contributed by atoms with Gasteiger partial charge in [-0.1, -0.05) is 34.8 Å². The van der Waals surface area contributed by atoms with Crippen LogP contribution >= 0.6 is 46.4 Å². The quantitative estimate of drug-likeness (QED) is 0.450. The van der Waals surface area contributed by atoms with Crippen LogP contribution in [-0.4, -0.2) is 14.5 Å². The van der Waals surface area contributed by atoms with E-state index in [1.54, 1.807) is 22.9 Å². The highest BCUT2D eigenvalue weighted by Gasteiger charge is 2.17. The van der Waals surface area contributed by atoms with Crippen molar-refractivity contribution in [2.75, 3.05) is 0 Å². The zero-order valence-corrected chi connectivity index (χ0v) is 13.9. The first-order valence-electron chi connectivity index (χ1n) is 6.06. The second-order valence-electron chi connectivity index (χ2n) is 4.51. The van der Waals surface area contributed by atoms with Gasteiger partial charge in [-0.25, -0.2) is 9.97 Å². The molecule has 3 nitrogen and oxygen atoms in total. The number of aromatic nitrogens is 3. The summed E-state index contributed by atoms with van der Waals surface area (Å²) in [4.78, 5) is 8.92. The van der Waals surface area contributed by atoms with Gasteiger partial charge in [-0.15, -0.1) is 11.6 Å². The summed E-state index contributed by atoms with van der Waals surface area (Å²) in [6.07, 6.45) is 1.72. The zero-order chi connectivity index (χ0) is 15.1. The van der Waals surface area contributed by atoms with Gasteiger partial charge < -0.3 is 0 Å². The Labute approximate surface area is 141 Å². The Morgan fingerprint density at radius 2 is 1.81 bits per heavy atom. The van der Waals surface area contributed by atoms with Crippen molar-refractivity contribution in [3.8, 4) is 5.69 Å². The number of imidazole rings is 1. The van der Waals surface area contributed by atoms with Crippen LogP contribution in [0.3, 0.4) is 0 Å². The van der Waals surface area contributed by atoms with Gasteiger partial charge in [-0.3, -0.25) is 4.57 Å². The SMILES string of the molecule is Cc1ccnc2c1nc(CCl)n2-c1cc(Cl)c(Cl)cc1Cl. The number of hydrogen-bond donors (Lipinski definition) is 0. The highest BCUT2D eigenvalue weighted by Crippen LogP contribution is 2.34. The fraction of sp³-hybridized carbons (Fsp3) is 0.143. The number of rotatable bonds is 2. The summed E-state index contributed by atoms with van der Waals surface area (Å²) in [6, 6.07) is 5.18. The number of hydrogen-bond acceptors (Lipinski definition) is 2. The molecule has 0 spiro atoms. The van der Waals surface area contributed by atoms with Crippen molar-refractivity contribution in [1.82, 2.24) is 14.5 Å². The van der Waals surface area contributed by atoms with E-state index in [1.165, 1.54) is 0 Å². The van der Waals surface area contributed by atoms with Gasteiger partial charge in [0.2, 0.25) is 0 Å². The molecule has 0 unspecified atom stereocenters. The van der Waals surface area contributed by atoms with Crippen molar-refractivity contribution in [3.05, 3.63) is 50.9 Å². The number of pyridine rings is 1. The Hall–Kier alpha value is -1.000. The number of nitrogens with zero attached hydrogens (tertiary/aromatic N) is 3. The van der Waals surface area contributed by atoms with Crippen LogP contribution in [0.25, 0.3) is 16.9 Å². The monoisotopic (exact) mass is 359 g/mol. The van der Waals surface area contributed by atoms with Crippen LogP contribution in [-0.2, 0) is 5.88 Å². The predicted molar refractivity (Wildman–Crippen MR) is 88.2 cm³/mol. The minimum atomic E-state index is 0.229. The summed E-state index contributed by atoms with van der Waals surface area (Å²) in [5, 5.41) is 1.26. The Kier molecular flexibility index (Phi) is 4.02. The molecule has 108 valence electrons. The molecule has 2 aromatic heterocycles. The Morgan fingerprint density at radius 1 is 1.10 bits per heavy atom. The van der Waals surface area contributed by atoms with Gasteiger partial charge in [0.25, 0.3) is 0 Å². The summed E-state index contributed by atoms with van der Waals surface area (Å²) >= 11 is 24.4. The normalized spacial score (nSPS) is 11.3. The molecule has 7 heteroatoms. The van der Waals surface area contributed by atoms with Gasteiger partial charge in [0.1, 0.15) is 11.3 Å². The fourth-order valence-corrected chi connectivity index (χ4v) is 2.97. The van der Waals surface area contributed by atoms with Gasteiger partial charge in [0, 0.05) is 6.20 Å². The van der Waals surface area contributed by atoms with Crippen LogP contribution in [0.15, 0.2) is 24.4 Å². The molecule has 0 aliphatic rings. The molecular weight excluding hydrogens is 352 g/mol. The van der Waals surface area contributed by atoms with E-state index in [0.29, 0.717) is 32.2 Å². The molecule has 0 saturated heterocycles. The lowest BCUT2D eigenvalue weighted by molar-refractivity contribution is 0.970. The van der Waals surface area contributed by atoms with E-state index in [2.05, 4.69) is 9.97 Å². The van der Waals surface area contributed by atoms with E-state index in [-0.39, 0.29) is 5.88 Å². The molecule has 0 amide bonds.